The summed E-state index contributed by atoms with van der Waals surface area (Å²) in [4.78, 5) is 23.0. The quantitative estimate of drug-likeness (QED) is 0.729. The minimum Gasteiger partial charge on any atom is -0.478 e. The predicted octanol–water partition coefficient (Wildman–Crippen LogP) is 4.55. The van der Waals surface area contributed by atoms with Gasteiger partial charge in [-0.2, -0.15) is 0 Å². The molecule has 0 aliphatic rings. The lowest BCUT2D eigenvalue weighted by molar-refractivity contribution is 0.0696. The van der Waals surface area contributed by atoms with Crippen LogP contribution in [0.2, 0.25) is 5.02 Å². The Morgan fingerprint density at radius 3 is 2.42 bits per heavy atom. The van der Waals surface area contributed by atoms with Gasteiger partial charge in [-0.05, 0) is 48.5 Å². The van der Waals surface area contributed by atoms with E-state index in [2.05, 4.69) is 5.32 Å². The van der Waals surface area contributed by atoms with Gasteiger partial charge >= 0.3 is 5.97 Å². The van der Waals surface area contributed by atoms with Crippen LogP contribution in [0, 0.1) is 0 Å². The molecule has 3 aromatic rings. The van der Waals surface area contributed by atoms with Gasteiger partial charge in [-0.25, -0.2) is 4.79 Å². The zero-order valence-electron chi connectivity index (χ0n) is 12.3. The first kappa shape index (κ1) is 15.8. The van der Waals surface area contributed by atoms with Crippen molar-refractivity contribution >= 4 is 29.2 Å². The zero-order valence-corrected chi connectivity index (χ0v) is 13.1. The number of carbonyl (C=O) groups excluding carboxylic acids is 1. The van der Waals surface area contributed by atoms with Crippen LogP contribution in [0.15, 0.2) is 65.1 Å². The Kier molecular flexibility index (Phi) is 4.35. The monoisotopic (exact) mass is 341 g/mol. The van der Waals surface area contributed by atoms with Crippen molar-refractivity contribution in [2.24, 2.45) is 0 Å². The smallest absolute Gasteiger partial charge is 0.335 e. The molecule has 0 bridgehead atoms. The fourth-order valence-corrected chi connectivity index (χ4v) is 2.34. The second kappa shape index (κ2) is 6.60. The summed E-state index contributed by atoms with van der Waals surface area (Å²) in [5, 5.41) is 12.1. The number of anilines is 1. The third-order valence-electron chi connectivity index (χ3n) is 3.33. The Labute approximate surface area is 142 Å². The van der Waals surface area contributed by atoms with E-state index in [0.717, 1.165) is 5.56 Å². The Balaban J connectivity index is 1.75. The fraction of sp³-hybridized carbons (Fsp3) is 0. The van der Waals surface area contributed by atoms with E-state index in [4.69, 9.17) is 21.1 Å². The molecule has 0 radical (unpaired) electrons. The molecule has 0 unspecified atom stereocenters. The molecule has 2 N–H and O–H groups in total. The van der Waals surface area contributed by atoms with Gasteiger partial charge < -0.3 is 14.8 Å². The largest absolute Gasteiger partial charge is 0.478 e. The predicted molar refractivity (Wildman–Crippen MR) is 90.5 cm³/mol. The van der Waals surface area contributed by atoms with Crippen molar-refractivity contribution < 1.29 is 19.1 Å². The van der Waals surface area contributed by atoms with Gasteiger partial charge in [0.15, 0.2) is 5.76 Å². The number of carbonyl (C=O) groups is 2. The normalized spacial score (nSPS) is 10.4. The molecule has 1 amide bonds. The molecule has 0 saturated heterocycles. The first-order chi connectivity index (χ1) is 11.5. The average Bonchev–Trinajstić information content (AvgIpc) is 3.05. The van der Waals surface area contributed by atoms with Crippen LogP contribution in [0.4, 0.5) is 5.69 Å². The number of benzene rings is 2. The molecule has 24 heavy (non-hydrogen) atoms. The van der Waals surface area contributed by atoms with Crippen molar-refractivity contribution in [3.05, 3.63) is 77.0 Å². The maximum absolute atomic E-state index is 12.2. The van der Waals surface area contributed by atoms with E-state index >= 15 is 0 Å². The second-order valence-electron chi connectivity index (χ2n) is 5.01. The molecular weight excluding hydrogens is 330 g/mol. The highest BCUT2D eigenvalue weighted by molar-refractivity contribution is 6.30. The number of carboxylic acids is 1. The second-order valence-corrected chi connectivity index (χ2v) is 5.45. The Hall–Kier alpha value is -3.05. The molecule has 0 aliphatic carbocycles. The third kappa shape index (κ3) is 3.47. The molecule has 1 heterocycles. The van der Waals surface area contributed by atoms with Crippen LogP contribution in [-0.2, 0) is 0 Å². The maximum Gasteiger partial charge on any atom is 0.335 e. The molecule has 2 aromatic carbocycles. The fourth-order valence-electron chi connectivity index (χ4n) is 2.15. The molecule has 120 valence electrons. The highest BCUT2D eigenvalue weighted by Gasteiger charge is 2.13. The molecule has 5 nitrogen and oxygen atoms in total. The average molecular weight is 342 g/mol. The van der Waals surface area contributed by atoms with E-state index in [-0.39, 0.29) is 11.3 Å². The van der Waals surface area contributed by atoms with E-state index in [1.807, 2.05) is 6.07 Å². The van der Waals surface area contributed by atoms with Gasteiger partial charge in [0, 0.05) is 16.3 Å². The number of amides is 1. The van der Waals surface area contributed by atoms with Crippen molar-refractivity contribution in [1.82, 2.24) is 0 Å². The first-order valence-electron chi connectivity index (χ1n) is 7.03. The van der Waals surface area contributed by atoms with Crippen LogP contribution in [0.1, 0.15) is 20.9 Å². The molecule has 0 fully saturated rings. The summed E-state index contributed by atoms with van der Waals surface area (Å²) in [5.41, 5.74) is 1.40. The molecule has 0 spiro atoms. The Morgan fingerprint density at radius 2 is 1.75 bits per heavy atom. The number of aromatic carboxylic acids is 1. The molecule has 0 atom stereocenters. The van der Waals surface area contributed by atoms with Crippen molar-refractivity contribution in [3.63, 3.8) is 0 Å². The molecular formula is C18H12ClNO4. The van der Waals surface area contributed by atoms with Gasteiger partial charge in [0.25, 0.3) is 5.91 Å². The summed E-state index contributed by atoms with van der Waals surface area (Å²) in [6.45, 7) is 0. The summed E-state index contributed by atoms with van der Waals surface area (Å²) < 4.78 is 5.56. The lowest BCUT2D eigenvalue weighted by Gasteiger charge is -2.03. The number of rotatable bonds is 4. The zero-order chi connectivity index (χ0) is 17.1. The van der Waals surface area contributed by atoms with E-state index in [0.29, 0.717) is 16.5 Å². The summed E-state index contributed by atoms with van der Waals surface area (Å²) >= 11 is 5.94. The van der Waals surface area contributed by atoms with Gasteiger partial charge in [0.2, 0.25) is 0 Å². The van der Waals surface area contributed by atoms with E-state index in [1.54, 1.807) is 30.3 Å². The van der Waals surface area contributed by atoms with Gasteiger partial charge in [-0.1, -0.05) is 23.7 Å². The van der Waals surface area contributed by atoms with Crippen LogP contribution in [0.3, 0.4) is 0 Å². The highest BCUT2D eigenvalue weighted by Crippen LogP contribution is 2.25. The van der Waals surface area contributed by atoms with Crippen LogP contribution in [0.25, 0.3) is 11.3 Å². The summed E-state index contributed by atoms with van der Waals surface area (Å²) in [7, 11) is 0. The Bertz CT molecular complexity index is 899. The molecule has 1 aromatic heterocycles. The minimum atomic E-state index is -1.02. The minimum absolute atomic E-state index is 0.146. The SMILES string of the molecule is O=C(O)c1ccc(NC(=O)c2ccc(-c3cccc(Cl)c3)o2)cc1. The van der Waals surface area contributed by atoms with Crippen LogP contribution in [0.5, 0.6) is 0 Å². The van der Waals surface area contributed by atoms with Gasteiger partial charge in [-0.15, -0.1) is 0 Å². The summed E-state index contributed by atoms with van der Waals surface area (Å²) in [5.74, 6) is -0.771. The number of furan rings is 1. The van der Waals surface area contributed by atoms with E-state index in [9.17, 15) is 9.59 Å². The van der Waals surface area contributed by atoms with Crippen molar-refractivity contribution in [3.8, 4) is 11.3 Å². The van der Waals surface area contributed by atoms with E-state index < -0.39 is 11.9 Å². The number of carboxylic acid groups (broad SMARTS) is 1. The number of hydrogen-bond acceptors (Lipinski definition) is 3. The highest BCUT2D eigenvalue weighted by atomic mass is 35.5. The van der Waals surface area contributed by atoms with Gasteiger partial charge in [0.05, 0.1) is 5.56 Å². The standard InChI is InChI=1S/C18H12ClNO4/c19-13-3-1-2-12(10-13)15-8-9-16(24-15)17(21)20-14-6-4-11(5-7-14)18(22)23/h1-10H,(H,20,21)(H,22,23). The molecule has 0 aliphatic heterocycles. The Morgan fingerprint density at radius 1 is 1.00 bits per heavy atom. The lowest BCUT2D eigenvalue weighted by atomic mass is 10.2. The third-order valence-corrected chi connectivity index (χ3v) is 3.56. The first-order valence-corrected chi connectivity index (χ1v) is 7.41. The summed E-state index contributed by atoms with van der Waals surface area (Å²) in [6, 6.07) is 16.2. The number of nitrogens with one attached hydrogen (secondary N) is 1. The van der Waals surface area contributed by atoms with Crippen LogP contribution >= 0.6 is 11.6 Å². The topological polar surface area (TPSA) is 79.5 Å². The number of hydrogen-bond donors (Lipinski definition) is 2. The van der Waals surface area contributed by atoms with Crippen molar-refractivity contribution in [2.45, 2.75) is 0 Å². The molecule has 0 saturated carbocycles. The van der Waals surface area contributed by atoms with Gasteiger partial charge in [-0.3, -0.25) is 4.79 Å². The number of halogens is 1. The van der Waals surface area contributed by atoms with Crippen molar-refractivity contribution in [2.75, 3.05) is 5.32 Å². The molecule has 6 heteroatoms. The maximum atomic E-state index is 12.2. The summed E-state index contributed by atoms with van der Waals surface area (Å²) in [6.07, 6.45) is 0. The van der Waals surface area contributed by atoms with Crippen LogP contribution < -0.4 is 5.32 Å². The van der Waals surface area contributed by atoms with Gasteiger partial charge in [0.1, 0.15) is 5.76 Å². The van der Waals surface area contributed by atoms with Crippen molar-refractivity contribution in [1.29, 1.82) is 0 Å². The molecule has 3 rings (SSSR count). The van der Waals surface area contributed by atoms with E-state index in [1.165, 1.54) is 24.3 Å². The lowest BCUT2D eigenvalue weighted by Crippen LogP contribution is -2.11. The van der Waals surface area contributed by atoms with Crippen LogP contribution in [-0.4, -0.2) is 17.0 Å².